The number of fused-ring (bicyclic) bond motifs is 1. The van der Waals surface area contributed by atoms with E-state index < -0.39 is 0 Å². The summed E-state index contributed by atoms with van der Waals surface area (Å²) in [5.41, 5.74) is 1.37. The number of rotatable bonds is 2. The molecule has 1 heterocycles. The fraction of sp³-hybridized carbons (Fsp3) is 0.600. The standard InChI is InChI=1S/C15H22N2O/c18-14-8-4-7-13-15(14)16-9-10-17(13)11-12-5-2-1-3-6-12/h1-3,5-6,13-16,18H,4,7-11H2/t13-,14+,15-/m0/s1. The largest absolute Gasteiger partial charge is 0.391 e. The van der Waals surface area contributed by atoms with Crippen LogP contribution in [0.4, 0.5) is 0 Å². The predicted octanol–water partition coefficient (Wildman–Crippen LogP) is 1.37. The molecule has 3 atom stereocenters. The first-order valence-electron chi connectivity index (χ1n) is 7.04. The van der Waals surface area contributed by atoms with Crippen molar-refractivity contribution in [3.8, 4) is 0 Å². The lowest BCUT2D eigenvalue weighted by Crippen LogP contribution is -2.63. The normalized spacial score (nSPS) is 33.1. The second-order valence-electron chi connectivity index (χ2n) is 5.50. The quantitative estimate of drug-likeness (QED) is 0.827. The lowest BCUT2D eigenvalue weighted by atomic mass is 9.85. The van der Waals surface area contributed by atoms with Crippen molar-refractivity contribution in [2.45, 2.75) is 44.0 Å². The summed E-state index contributed by atoms with van der Waals surface area (Å²) in [5.74, 6) is 0. The van der Waals surface area contributed by atoms with E-state index >= 15 is 0 Å². The highest BCUT2D eigenvalue weighted by Crippen LogP contribution is 2.27. The third-order valence-corrected chi connectivity index (χ3v) is 4.31. The molecule has 0 bridgehead atoms. The highest BCUT2D eigenvalue weighted by Gasteiger charge is 2.37. The summed E-state index contributed by atoms with van der Waals surface area (Å²) in [6.07, 6.45) is 3.15. The van der Waals surface area contributed by atoms with Crippen molar-refractivity contribution in [2.24, 2.45) is 0 Å². The van der Waals surface area contributed by atoms with E-state index in [9.17, 15) is 5.11 Å². The molecule has 0 aromatic heterocycles. The summed E-state index contributed by atoms with van der Waals surface area (Å²) in [4.78, 5) is 2.54. The molecular formula is C15H22N2O. The fourth-order valence-electron chi connectivity index (χ4n) is 3.39. The number of benzene rings is 1. The van der Waals surface area contributed by atoms with Crippen LogP contribution in [0.2, 0.25) is 0 Å². The van der Waals surface area contributed by atoms with E-state index in [2.05, 4.69) is 40.5 Å². The Morgan fingerprint density at radius 1 is 1.22 bits per heavy atom. The Morgan fingerprint density at radius 3 is 2.89 bits per heavy atom. The molecule has 2 aliphatic rings. The van der Waals surface area contributed by atoms with E-state index in [4.69, 9.17) is 0 Å². The molecule has 1 saturated carbocycles. The van der Waals surface area contributed by atoms with Gasteiger partial charge in [0.2, 0.25) is 0 Å². The number of hydrogen-bond donors (Lipinski definition) is 2. The molecule has 1 saturated heterocycles. The average Bonchev–Trinajstić information content (AvgIpc) is 2.41. The molecule has 1 aromatic rings. The maximum Gasteiger partial charge on any atom is 0.0708 e. The Kier molecular flexibility index (Phi) is 3.64. The fourth-order valence-corrected chi connectivity index (χ4v) is 3.39. The minimum Gasteiger partial charge on any atom is -0.391 e. The van der Waals surface area contributed by atoms with Gasteiger partial charge in [0.1, 0.15) is 0 Å². The van der Waals surface area contributed by atoms with Gasteiger partial charge in [0.15, 0.2) is 0 Å². The number of nitrogens with one attached hydrogen (secondary N) is 1. The highest BCUT2D eigenvalue weighted by molar-refractivity contribution is 5.15. The minimum atomic E-state index is -0.165. The van der Waals surface area contributed by atoms with Gasteiger partial charge in [0, 0.05) is 31.7 Å². The Balaban J connectivity index is 1.71. The molecule has 1 aliphatic carbocycles. The van der Waals surface area contributed by atoms with Crippen LogP contribution in [-0.2, 0) is 6.54 Å². The first kappa shape index (κ1) is 12.2. The second kappa shape index (κ2) is 5.39. The van der Waals surface area contributed by atoms with Crippen LogP contribution >= 0.6 is 0 Å². The van der Waals surface area contributed by atoms with Crippen LogP contribution in [0.25, 0.3) is 0 Å². The molecule has 3 heteroatoms. The van der Waals surface area contributed by atoms with Gasteiger partial charge in [-0.05, 0) is 24.8 Å². The molecule has 3 nitrogen and oxygen atoms in total. The first-order valence-corrected chi connectivity index (χ1v) is 7.04. The van der Waals surface area contributed by atoms with Crippen molar-refractivity contribution in [1.82, 2.24) is 10.2 Å². The lowest BCUT2D eigenvalue weighted by molar-refractivity contribution is -0.000968. The summed E-state index contributed by atoms with van der Waals surface area (Å²) in [6, 6.07) is 11.4. The molecule has 0 amide bonds. The number of piperazine rings is 1. The zero-order valence-corrected chi connectivity index (χ0v) is 10.8. The molecular weight excluding hydrogens is 224 g/mol. The van der Waals surface area contributed by atoms with E-state index in [1.54, 1.807) is 0 Å². The number of aliphatic hydroxyl groups excluding tert-OH is 1. The second-order valence-corrected chi connectivity index (χ2v) is 5.50. The van der Waals surface area contributed by atoms with Crippen molar-refractivity contribution in [3.05, 3.63) is 35.9 Å². The van der Waals surface area contributed by atoms with Crippen molar-refractivity contribution < 1.29 is 5.11 Å². The van der Waals surface area contributed by atoms with Gasteiger partial charge in [-0.25, -0.2) is 0 Å². The predicted molar refractivity (Wildman–Crippen MR) is 72.3 cm³/mol. The molecule has 1 aliphatic heterocycles. The van der Waals surface area contributed by atoms with E-state index in [0.29, 0.717) is 6.04 Å². The summed E-state index contributed by atoms with van der Waals surface area (Å²) < 4.78 is 0. The van der Waals surface area contributed by atoms with Crippen molar-refractivity contribution in [3.63, 3.8) is 0 Å². The summed E-state index contributed by atoms with van der Waals surface area (Å²) in [6.45, 7) is 3.09. The third-order valence-electron chi connectivity index (χ3n) is 4.31. The van der Waals surface area contributed by atoms with Gasteiger partial charge in [-0.3, -0.25) is 4.90 Å². The van der Waals surface area contributed by atoms with E-state index in [0.717, 1.165) is 32.5 Å². The zero-order valence-electron chi connectivity index (χ0n) is 10.8. The van der Waals surface area contributed by atoms with Gasteiger partial charge < -0.3 is 10.4 Å². The molecule has 0 radical (unpaired) electrons. The Labute approximate surface area is 109 Å². The topological polar surface area (TPSA) is 35.5 Å². The lowest BCUT2D eigenvalue weighted by Gasteiger charge is -2.46. The third kappa shape index (κ3) is 2.44. The van der Waals surface area contributed by atoms with Gasteiger partial charge in [-0.1, -0.05) is 30.3 Å². The molecule has 2 fully saturated rings. The number of nitrogens with zero attached hydrogens (tertiary/aromatic N) is 1. The average molecular weight is 246 g/mol. The molecule has 0 spiro atoms. The van der Waals surface area contributed by atoms with Crippen LogP contribution < -0.4 is 5.32 Å². The van der Waals surface area contributed by atoms with E-state index in [1.807, 2.05) is 0 Å². The maximum absolute atomic E-state index is 10.1. The van der Waals surface area contributed by atoms with Gasteiger partial charge in [0.05, 0.1) is 6.10 Å². The zero-order chi connectivity index (χ0) is 12.4. The van der Waals surface area contributed by atoms with Crippen LogP contribution in [0.3, 0.4) is 0 Å². The molecule has 0 unspecified atom stereocenters. The van der Waals surface area contributed by atoms with Crippen LogP contribution in [0.1, 0.15) is 24.8 Å². The minimum absolute atomic E-state index is 0.165. The molecule has 18 heavy (non-hydrogen) atoms. The van der Waals surface area contributed by atoms with E-state index in [-0.39, 0.29) is 12.1 Å². The molecule has 1 aromatic carbocycles. The Morgan fingerprint density at radius 2 is 2.06 bits per heavy atom. The molecule has 3 rings (SSSR count). The SMILES string of the molecule is O[C@@H]1CCC[C@H]2[C@@H]1NCCN2Cc1ccccc1. The summed E-state index contributed by atoms with van der Waals surface area (Å²) in [5, 5.41) is 13.6. The number of hydrogen-bond acceptors (Lipinski definition) is 3. The van der Waals surface area contributed by atoms with Crippen LogP contribution in [-0.4, -0.2) is 41.3 Å². The monoisotopic (exact) mass is 246 g/mol. The van der Waals surface area contributed by atoms with Crippen molar-refractivity contribution in [1.29, 1.82) is 0 Å². The maximum atomic E-state index is 10.1. The number of aliphatic hydroxyl groups is 1. The van der Waals surface area contributed by atoms with Gasteiger partial charge in [0.25, 0.3) is 0 Å². The van der Waals surface area contributed by atoms with Crippen LogP contribution in [0.5, 0.6) is 0 Å². The van der Waals surface area contributed by atoms with Crippen LogP contribution in [0.15, 0.2) is 30.3 Å². The Hall–Kier alpha value is -0.900. The van der Waals surface area contributed by atoms with Crippen molar-refractivity contribution >= 4 is 0 Å². The van der Waals surface area contributed by atoms with Gasteiger partial charge in [-0.2, -0.15) is 0 Å². The highest BCUT2D eigenvalue weighted by atomic mass is 16.3. The van der Waals surface area contributed by atoms with Gasteiger partial charge >= 0.3 is 0 Å². The van der Waals surface area contributed by atoms with Gasteiger partial charge in [-0.15, -0.1) is 0 Å². The van der Waals surface area contributed by atoms with Crippen molar-refractivity contribution in [2.75, 3.05) is 13.1 Å². The van der Waals surface area contributed by atoms with Crippen LogP contribution in [0, 0.1) is 0 Å². The molecule has 2 N–H and O–H groups in total. The Bertz CT molecular complexity index is 381. The summed E-state index contributed by atoms with van der Waals surface area (Å²) in [7, 11) is 0. The first-order chi connectivity index (χ1) is 8.84. The van der Waals surface area contributed by atoms with E-state index in [1.165, 1.54) is 12.0 Å². The summed E-state index contributed by atoms with van der Waals surface area (Å²) >= 11 is 0. The molecule has 98 valence electrons. The smallest absolute Gasteiger partial charge is 0.0708 e.